The predicted octanol–water partition coefficient (Wildman–Crippen LogP) is 0.0850. The van der Waals surface area contributed by atoms with E-state index in [2.05, 4.69) is 15.5 Å². The van der Waals surface area contributed by atoms with Crippen LogP contribution in [0, 0.1) is 0 Å². The Bertz CT molecular complexity index is 276. The second-order valence-electron chi connectivity index (χ2n) is 3.49. The smallest absolute Gasteiger partial charge is 0.243 e. The number of aromatic nitrogens is 2. The summed E-state index contributed by atoms with van der Waals surface area (Å²) < 4.78 is 19.5. The molecule has 0 radical (unpaired) electrons. The topological polar surface area (TPSA) is 36.5 Å². The summed E-state index contributed by atoms with van der Waals surface area (Å²) in [6, 6.07) is 0. The highest BCUT2D eigenvalue weighted by atomic mass is 16.5. The van der Waals surface area contributed by atoms with Crippen LogP contribution in [0.25, 0.3) is 0 Å². The number of nitrogens with zero attached hydrogens (tertiary/aromatic N) is 2. The van der Waals surface area contributed by atoms with E-state index in [1.807, 2.05) is 12.4 Å². The third-order valence-corrected chi connectivity index (χ3v) is 2.23. The van der Waals surface area contributed by atoms with Gasteiger partial charge in [0.2, 0.25) is 6.33 Å². The van der Waals surface area contributed by atoms with Gasteiger partial charge in [-0.1, -0.05) is 0 Å². The molecule has 0 atom stereocenters. The van der Waals surface area contributed by atoms with Gasteiger partial charge < -0.3 is 14.2 Å². The first kappa shape index (κ1) is 13.2. The molecule has 1 heterocycles. The summed E-state index contributed by atoms with van der Waals surface area (Å²) in [6.07, 6.45) is 6.13. The minimum Gasteiger partial charge on any atom is -0.382 e. The number of ether oxygens (including phenoxy) is 3. The van der Waals surface area contributed by atoms with Crippen molar-refractivity contribution in [1.29, 1.82) is 0 Å². The van der Waals surface area contributed by atoms with E-state index in [1.54, 1.807) is 14.2 Å². The molecule has 0 saturated heterocycles. The monoisotopic (exact) mass is 229 g/mol. The Labute approximate surface area is 96.5 Å². The van der Waals surface area contributed by atoms with Gasteiger partial charge in [0.05, 0.1) is 26.4 Å². The Morgan fingerprint density at radius 3 is 2.62 bits per heavy atom. The van der Waals surface area contributed by atoms with Crippen molar-refractivity contribution in [2.24, 2.45) is 0 Å². The van der Waals surface area contributed by atoms with Crippen LogP contribution in [-0.4, -0.2) is 45.2 Å². The van der Waals surface area contributed by atoms with Crippen molar-refractivity contribution in [2.45, 2.75) is 13.1 Å². The van der Waals surface area contributed by atoms with Crippen LogP contribution in [0.3, 0.4) is 0 Å². The average Bonchev–Trinajstić information content (AvgIpc) is 2.74. The molecule has 0 amide bonds. The van der Waals surface area contributed by atoms with Gasteiger partial charge in [0.1, 0.15) is 25.5 Å². The van der Waals surface area contributed by atoms with Gasteiger partial charge in [-0.3, -0.25) is 0 Å². The van der Waals surface area contributed by atoms with Crippen LogP contribution in [0.4, 0.5) is 0 Å². The van der Waals surface area contributed by atoms with E-state index in [9.17, 15) is 0 Å². The van der Waals surface area contributed by atoms with Gasteiger partial charge in [-0.25, -0.2) is 9.13 Å². The molecule has 16 heavy (non-hydrogen) atoms. The fourth-order valence-electron chi connectivity index (χ4n) is 1.31. The molecule has 0 aliphatic heterocycles. The lowest BCUT2D eigenvalue weighted by molar-refractivity contribution is -0.698. The third kappa shape index (κ3) is 5.25. The van der Waals surface area contributed by atoms with Gasteiger partial charge in [0.25, 0.3) is 0 Å². The lowest BCUT2D eigenvalue weighted by Crippen LogP contribution is -2.34. The molecule has 0 bridgehead atoms. The normalized spacial score (nSPS) is 10.9. The fraction of sp³-hybridized carbons (Fsp3) is 0.727. The summed E-state index contributed by atoms with van der Waals surface area (Å²) in [5, 5.41) is 0. The van der Waals surface area contributed by atoms with E-state index in [4.69, 9.17) is 14.2 Å². The lowest BCUT2D eigenvalue weighted by atomic mass is 10.6. The molecule has 5 nitrogen and oxygen atoms in total. The quantitative estimate of drug-likeness (QED) is 0.444. The second-order valence-corrected chi connectivity index (χ2v) is 3.49. The highest BCUT2D eigenvalue weighted by Gasteiger charge is 2.02. The Morgan fingerprint density at radius 2 is 1.88 bits per heavy atom. The van der Waals surface area contributed by atoms with Crippen molar-refractivity contribution in [3.8, 4) is 0 Å². The van der Waals surface area contributed by atoms with Crippen LogP contribution in [0.15, 0.2) is 18.7 Å². The molecule has 0 spiro atoms. The number of methoxy groups -OCH3 is 2. The first-order valence-electron chi connectivity index (χ1n) is 5.47. The van der Waals surface area contributed by atoms with Gasteiger partial charge >= 0.3 is 0 Å². The molecule has 0 N–H and O–H groups in total. The number of rotatable bonds is 9. The first-order chi connectivity index (χ1) is 7.86. The Balaban J connectivity index is 2.14. The van der Waals surface area contributed by atoms with E-state index >= 15 is 0 Å². The van der Waals surface area contributed by atoms with Crippen LogP contribution < -0.4 is 4.57 Å². The molecule has 92 valence electrons. The fourth-order valence-corrected chi connectivity index (χ4v) is 1.31. The van der Waals surface area contributed by atoms with E-state index < -0.39 is 0 Å². The number of imidazole rings is 1. The van der Waals surface area contributed by atoms with E-state index in [0.717, 1.165) is 19.7 Å². The first-order valence-corrected chi connectivity index (χ1v) is 5.47. The van der Waals surface area contributed by atoms with Crippen molar-refractivity contribution >= 4 is 0 Å². The van der Waals surface area contributed by atoms with Gasteiger partial charge in [0, 0.05) is 14.2 Å². The van der Waals surface area contributed by atoms with Crippen LogP contribution in [-0.2, 0) is 27.3 Å². The summed E-state index contributed by atoms with van der Waals surface area (Å²) in [4.78, 5) is 0. The molecule has 0 aliphatic carbocycles. The van der Waals surface area contributed by atoms with E-state index in [-0.39, 0.29) is 0 Å². The van der Waals surface area contributed by atoms with Crippen molar-refractivity contribution in [1.82, 2.24) is 4.57 Å². The van der Waals surface area contributed by atoms with Crippen molar-refractivity contribution < 1.29 is 18.8 Å². The lowest BCUT2D eigenvalue weighted by Gasteiger charge is -2.00. The minimum atomic E-state index is 0.652. The Kier molecular flexibility index (Phi) is 6.80. The van der Waals surface area contributed by atoms with Crippen molar-refractivity contribution in [2.75, 3.05) is 40.6 Å². The Hall–Kier alpha value is -0.910. The maximum atomic E-state index is 5.39. The van der Waals surface area contributed by atoms with Crippen molar-refractivity contribution in [3.63, 3.8) is 0 Å². The van der Waals surface area contributed by atoms with Gasteiger partial charge in [0.15, 0.2) is 0 Å². The number of hydrogen-bond acceptors (Lipinski definition) is 3. The summed E-state index contributed by atoms with van der Waals surface area (Å²) in [5.74, 6) is 0. The summed E-state index contributed by atoms with van der Waals surface area (Å²) in [6.45, 7) is 4.50. The standard InChI is InChI=1S/C11H21N2O3/c1-14-7-5-12-3-4-13(11-12)6-8-16-10-9-15-2/h3-4,11H,5-10H2,1-2H3/q+1. The zero-order chi connectivity index (χ0) is 11.6. The molecule has 0 unspecified atom stereocenters. The van der Waals surface area contributed by atoms with Crippen LogP contribution in [0.2, 0.25) is 0 Å². The molecule has 0 saturated carbocycles. The maximum Gasteiger partial charge on any atom is 0.243 e. The minimum absolute atomic E-state index is 0.652. The second kappa shape index (κ2) is 8.27. The largest absolute Gasteiger partial charge is 0.382 e. The zero-order valence-electron chi connectivity index (χ0n) is 10.1. The molecule has 1 aromatic heterocycles. The van der Waals surface area contributed by atoms with Crippen molar-refractivity contribution in [3.05, 3.63) is 18.7 Å². The van der Waals surface area contributed by atoms with E-state index in [1.165, 1.54) is 0 Å². The summed E-state index contributed by atoms with van der Waals surface area (Å²) >= 11 is 0. The molecule has 0 aliphatic rings. The third-order valence-electron chi connectivity index (χ3n) is 2.23. The van der Waals surface area contributed by atoms with Gasteiger partial charge in [-0.05, 0) is 0 Å². The molecular formula is C11H21N2O3+. The summed E-state index contributed by atoms with van der Waals surface area (Å²) in [7, 11) is 3.38. The molecular weight excluding hydrogens is 208 g/mol. The average molecular weight is 229 g/mol. The molecule has 0 fully saturated rings. The maximum absolute atomic E-state index is 5.39. The summed E-state index contributed by atoms with van der Waals surface area (Å²) in [5.41, 5.74) is 0. The van der Waals surface area contributed by atoms with Gasteiger partial charge in [-0.15, -0.1) is 0 Å². The van der Waals surface area contributed by atoms with Crippen LogP contribution in [0.5, 0.6) is 0 Å². The van der Waals surface area contributed by atoms with E-state index in [0.29, 0.717) is 19.8 Å². The van der Waals surface area contributed by atoms with Crippen LogP contribution in [0.1, 0.15) is 0 Å². The predicted molar refractivity (Wildman–Crippen MR) is 59.2 cm³/mol. The SMILES string of the molecule is COCCOCC[n+]1ccn(CCOC)c1. The molecule has 5 heteroatoms. The molecule has 1 aromatic rings. The zero-order valence-corrected chi connectivity index (χ0v) is 10.1. The van der Waals surface area contributed by atoms with Crippen LogP contribution >= 0.6 is 0 Å². The highest BCUT2D eigenvalue weighted by Crippen LogP contribution is 1.85. The number of hydrogen-bond donors (Lipinski definition) is 0. The molecule has 1 rings (SSSR count). The van der Waals surface area contributed by atoms with Gasteiger partial charge in [-0.2, -0.15) is 0 Å². The highest BCUT2D eigenvalue weighted by molar-refractivity contribution is 4.65. The Morgan fingerprint density at radius 1 is 1.06 bits per heavy atom. The molecule has 0 aromatic carbocycles.